The number of para-hydroxylation sites is 1. The standard InChI is InChI=1S/C25H35ClNO4P/c1-2-3-4-5-6-7-8-15-20-30-25(28)24(21-22-16-11-9-12-17-22)27-32(26,29)31-23-18-13-10-14-19-23/h9-14,16-19,24H,2-8,15,20-21H2,1H3,(H,27,29)/t24-,32+/m0/s1. The maximum absolute atomic E-state index is 12.8. The van der Waals surface area contributed by atoms with Crippen LogP contribution >= 0.6 is 18.1 Å². The Hall–Kier alpha value is -1.81. The molecule has 2 atom stereocenters. The summed E-state index contributed by atoms with van der Waals surface area (Å²) in [5.74, 6) is -0.113. The third-order valence-corrected chi connectivity index (χ3v) is 6.65. The Morgan fingerprint density at radius 3 is 2.09 bits per heavy atom. The minimum Gasteiger partial charge on any atom is -0.465 e. The van der Waals surface area contributed by atoms with Crippen molar-refractivity contribution in [2.24, 2.45) is 0 Å². The number of hydrogen-bond donors (Lipinski definition) is 1. The van der Waals surface area contributed by atoms with Crippen molar-refractivity contribution in [1.82, 2.24) is 5.09 Å². The van der Waals surface area contributed by atoms with E-state index in [-0.39, 0.29) is 0 Å². The minimum atomic E-state index is -3.80. The van der Waals surface area contributed by atoms with Crippen LogP contribution in [0.5, 0.6) is 5.75 Å². The van der Waals surface area contributed by atoms with Gasteiger partial charge in [0.1, 0.15) is 11.8 Å². The molecule has 5 nitrogen and oxygen atoms in total. The predicted octanol–water partition coefficient (Wildman–Crippen LogP) is 7.30. The molecule has 2 rings (SSSR count). The fourth-order valence-electron chi connectivity index (χ4n) is 3.37. The van der Waals surface area contributed by atoms with Crippen LogP contribution in [0.15, 0.2) is 60.7 Å². The van der Waals surface area contributed by atoms with Crippen molar-refractivity contribution in [2.45, 2.75) is 70.8 Å². The van der Waals surface area contributed by atoms with E-state index < -0.39 is 18.9 Å². The highest BCUT2D eigenvalue weighted by Crippen LogP contribution is 2.48. The van der Waals surface area contributed by atoms with E-state index >= 15 is 0 Å². The minimum absolute atomic E-state index is 0.298. The normalized spacial score (nSPS) is 13.8. The van der Waals surface area contributed by atoms with Crippen molar-refractivity contribution >= 4 is 24.1 Å². The molecule has 32 heavy (non-hydrogen) atoms. The predicted molar refractivity (Wildman–Crippen MR) is 131 cm³/mol. The van der Waals surface area contributed by atoms with Gasteiger partial charge in [-0.15, -0.1) is 0 Å². The smallest absolute Gasteiger partial charge is 0.409 e. The summed E-state index contributed by atoms with van der Waals surface area (Å²) in [6.45, 7) is -1.25. The van der Waals surface area contributed by atoms with E-state index in [1.807, 2.05) is 36.4 Å². The lowest BCUT2D eigenvalue weighted by Crippen LogP contribution is -2.38. The summed E-state index contributed by atoms with van der Waals surface area (Å²) in [7, 11) is 0. The number of carbonyl (C=O) groups is 1. The van der Waals surface area contributed by atoms with Crippen LogP contribution < -0.4 is 9.61 Å². The van der Waals surface area contributed by atoms with Crippen molar-refractivity contribution < 1.29 is 18.6 Å². The topological polar surface area (TPSA) is 64.6 Å². The highest BCUT2D eigenvalue weighted by molar-refractivity contribution is 7.84. The van der Waals surface area contributed by atoms with Crippen LogP contribution in [0, 0.1) is 0 Å². The number of rotatable bonds is 16. The lowest BCUT2D eigenvalue weighted by Gasteiger charge is -2.21. The molecule has 0 radical (unpaired) electrons. The molecule has 0 unspecified atom stereocenters. The third kappa shape index (κ3) is 11.2. The SMILES string of the molecule is CCCCCCCCCCOC(=O)[C@H](Cc1ccccc1)N[P@@](=O)(Cl)Oc1ccccc1. The molecule has 0 aromatic heterocycles. The Bertz CT molecular complexity index is 819. The molecule has 0 spiro atoms. The summed E-state index contributed by atoms with van der Waals surface area (Å²) in [5, 5.41) is 2.70. The molecule has 0 aliphatic heterocycles. The van der Waals surface area contributed by atoms with Crippen LogP contribution in [0.1, 0.15) is 63.9 Å². The van der Waals surface area contributed by atoms with E-state index in [4.69, 9.17) is 20.5 Å². The molecule has 0 saturated heterocycles. The number of halogens is 1. The quantitative estimate of drug-likeness (QED) is 0.155. The molecule has 2 aromatic rings. The third-order valence-electron chi connectivity index (χ3n) is 5.09. The van der Waals surface area contributed by atoms with E-state index in [1.165, 1.54) is 32.1 Å². The molecule has 0 fully saturated rings. The van der Waals surface area contributed by atoms with Crippen molar-refractivity contribution in [2.75, 3.05) is 6.61 Å². The Balaban J connectivity index is 1.86. The molecule has 0 heterocycles. The van der Waals surface area contributed by atoms with Crippen LogP contribution in [0.3, 0.4) is 0 Å². The molecule has 176 valence electrons. The zero-order valence-corrected chi connectivity index (χ0v) is 20.5. The van der Waals surface area contributed by atoms with Crippen LogP contribution in [0.2, 0.25) is 0 Å². The van der Waals surface area contributed by atoms with Gasteiger partial charge in [0.15, 0.2) is 0 Å². The number of unbranched alkanes of at least 4 members (excludes halogenated alkanes) is 7. The Morgan fingerprint density at radius 2 is 1.47 bits per heavy atom. The summed E-state index contributed by atoms with van der Waals surface area (Å²) in [6, 6.07) is 17.2. The molecule has 2 aromatic carbocycles. The summed E-state index contributed by atoms with van der Waals surface area (Å²) >= 11 is 6.14. The van der Waals surface area contributed by atoms with Crippen LogP contribution in [0.25, 0.3) is 0 Å². The number of hydrogen-bond acceptors (Lipinski definition) is 4. The zero-order chi connectivity index (χ0) is 23.1. The molecule has 7 heteroatoms. The van der Waals surface area contributed by atoms with Gasteiger partial charge in [-0.3, -0.25) is 4.79 Å². The van der Waals surface area contributed by atoms with Crippen molar-refractivity contribution in [3.63, 3.8) is 0 Å². The van der Waals surface area contributed by atoms with Crippen LogP contribution in [-0.2, 0) is 20.5 Å². The Labute approximate surface area is 197 Å². The number of carbonyl (C=O) groups excluding carboxylic acids is 1. The van der Waals surface area contributed by atoms with Gasteiger partial charge in [0.05, 0.1) is 6.61 Å². The monoisotopic (exact) mass is 479 g/mol. The van der Waals surface area contributed by atoms with Gasteiger partial charge < -0.3 is 9.26 Å². The maximum atomic E-state index is 12.8. The van der Waals surface area contributed by atoms with Crippen LogP contribution in [-0.4, -0.2) is 18.6 Å². The van der Waals surface area contributed by atoms with Gasteiger partial charge >= 0.3 is 12.8 Å². The van der Waals surface area contributed by atoms with Crippen LogP contribution in [0.4, 0.5) is 0 Å². The van der Waals surface area contributed by atoms with Gasteiger partial charge in [-0.1, -0.05) is 100 Å². The highest BCUT2D eigenvalue weighted by Gasteiger charge is 2.31. The van der Waals surface area contributed by atoms with Crippen molar-refractivity contribution in [1.29, 1.82) is 0 Å². The lowest BCUT2D eigenvalue weighted by molar-refractivity contribution is -0.145. The number of ether oxygens (including phenoxy) is 1. The van der Waals surface area contributed by atoms with Gasteiger partial charge in [0.2, 0.25) is 0 Å². The molecular formula is C25H35ClNO4P. The maximum Gasteiger partial charge on any atom is 0.409 e. The van der Waals surface area contributed by atoms with Crippen molar-refractivity contribution in [3.8, 4) is 5.75 Å². The van der Waals surface area contributed by atoms with Gasteiger partial charge in [0.25, 0.3) is 0 Å². The Kier molecular flexibility index (Phi) is 12.5. The summed E-state index contributed by atoms with van der Waals surface area (Å²) in [6.07, 6.45) is 9.62. The molecule has 1 N–H and O–H groups in total. The van der Waals surface area contributed by atoms with E-state index in [1.54, 1.807) is 24.3 Å². The number of benzene rings is 2. The zero-order valence-electron chi connectivity index (χ0n) is 18.9. The Morgan fingerprint density at radius 1 is 0.906 bits per heavy atom. The van der Waals surface area contributed by atoms with E-state index in [9.17, 15) is 9.36 Å². The molecule has 0 saturated carbocycles. The molecule has 0 amide bonds. The second-order valence-electron chi connectivity index (χ2n) is 7.90. The average molecular weight is 480 g/mol. The van der Waals surface area contributed by atoms with Gasteiger partial charge in [-0.2, -0.15) is 0 Å². The van der Waals surface area contributed by atoms with E-state index in [0.29, 0.717) is 18.8 Å². The average Bonchev–Trinajstić information content (AvgIpc) is 2.78. The first-order chi connectivity index (χ1) is 15.5. The summed E-state index contributed by atoms with van der Waals surface area (Å²) < 4.78 is 23.7. The first-order valence-electron chi connectivity index (χ1n) is 11.5. The number of nitrogens with one attached hydrogen (secondary N) is 1. The molecule has 0 aliphatic rings. The van der Waals surface area contributed by atoms with Gasteiger partial charge in [-0.05, 0) is 30.5 Å². The second-order valence-corrected chi connectivity index (χ2v) is 10.6. The van der Waals surface area contributed by atoms with E-state index in [2.05, 4.69) is 12.0 Å². The van der Waals surface area contributed by atoms with Crippen molar-refractivity contribution in [3.05, 3.63) is 66.2 Å². The summed E-state index contributed by atoms with van der Waals surface area (Å²) in [5.41, 5.74) is 0.908. The molecular weight excluding hydrogens is 445 g/mol. The first-order valence-corrected chi connectivity index (χ1v) is 14.1. The lowest BCUT2D eigenvalue weighted by atomic mass is 10.1. The number of esters is 1. The molecule has 0 bridgehead atoms. The molecule has 0 aliphatic carbocycles. The van der Waals surface area contributed by atoms with Gasteiger partial charge in [0, 0.05) is 11.2 Å². The summed E-state index contributed by atoms with van der Waals surface area (Å²) in [4.78, 5) is 12.8. The largest absolute Gasteiger partial charge is 0.465 e. The highest BCUT2D eigenvalue weighted by atomic mass is 35.7. The second kappa shape index (κ2) is 15.1. The van der Waals surface area contributed by atoms with E-state index in [0.717, 1.165) is 24.8 Å². The fourth-order valence-corrected chi connectivity index (χ4v) is 4.98. The fraction of sp³-hybridized carbons (Fsp3) is 0.480. The van der Waals surface area contributed by atoms with Gasteiger partial charge in [-0.25, -0.2) is 9.65 Å². The first kappa shape index (κ1) is 26.4.